The predicted molar refractivity (Wildman–Crippen MR) is 77.1 cm³/mol. The smallest absolute Gasteiger partial charge is 0.0429 e. The topological polar surface area (TPSA) is 15.3 Å². The Kier molecular flexibility index (Phi) is 3.84. The van der Waals surface area contributed by atoms with Gasteiger partial charge in [0.1, 0.15) is 0 Å². The van der Waals surface area contributed by atoms with Crippen molar-refractivity contribution < 1.29 is 0 Å². The Balaban J connectivity index is 1.55. The van der Waals surface area contributed by atoms with E-state index in [0.29, 0.717) is 6.04 Å². The predicted octanol–water partition coefficient (Wildman–Crippen LogP) is 3.29. The number of hydrogen-bond acceptors (Lipinski definition) is 2. The van der Waals surface area contributed by atoms with Gasteiger partial charge in [-0.05, 0) is 44.0 Å². The van der Waals surface area contributed by atoms with Gasteiger partial charge in [-0.2, -0.15) is 0 Å². The van der Waals surface area contributed by atoms with Crippen LogP contribution in [0.1, 0.15) is 37.7 Å². The van der Waals surface area contributed by atoms with Gasteiger partial charge in [0.15, 0.2) is 0 Å². The van der Waals surface area contributed by atoms with E-state index >= 15 is 0 Å². The summed E-state index contributed by atoms with van der Waals surface area (Å²) in [5, 5.41) is 3.68. The fourth-order valence-corrected chi connectivity index (χ4v) is 3.29. The summed E-state index contributed by atoms with van der Waals surface area (Å²) in [4.78, 5) is 2.67. The lowest BCUT2D eigenvalue weighted by Gasteiger charge is -2.27. The van der Waals surface area contributed by atoms with Crippen molar-refractivity contribution in [3.8, 4) is 0 Å². The van der Waals surface area contributed by atoms with Crippen LogP contribution < -0.4 is 5.32 Å². The molecule has 1 saturated heterocycles. The van der Waals surface area contributed by atoms with Crippen LogP contribution in [0.5, 0.6) is 0 Å². The third-order valence-electron chi connectivity index (χ3n) is 4.27. The van der Waals surface area contributed by atoms with E-state index in [1.165, 1.54) is 69.4 Å². The number of para-hydroxylation sites is 1. The maximum atomic E-state index is 3.68. The molecule has 1 aromatic carbocycles. The highest BCUT2D eigenvalue weighted by molar-refractivity contribution is 5.56. The number of benzene rings is 1. The number of nitrogens with zero attached hydrogens (tertiary/aromatic N) is 1. The Morgan fingerprint density at radius 1 is 1.00 bits per heavy atom. The van der Waals surface area contributed by atoms with E-state index in [1.807, 2.05) is 0 Å². The van der Waals surface area contributed by atoms with Crippen molar-refractivity contribution in [2.45, 2.75) is 44.6 Å². The van der Waals surface area contributed by atoms with E-state index < -0.39 is 0 Å². The number of anilines is 1. The summed E-state index contributed by atoms with van der Waals surface area (Å²) in [6, 6.07) is 9.38. The summed E-state index contributed by atoms with van der Waals surface area (Å²) in [6.07, 6.45) is 8.27. The molecule has 1 fully saturated rings. The second-order valence-electron chi connectivity index (χ2n) is 5.77. The molecule has 0 aromatic heterocycles. The summed E-state index contributed by atoms with van der Waals surface area (Å²) < 4.78 is 0. The van der Waals surface area contributed by atoms with Gasteiger partial charge >= 0.3 is 0 Å². The standard InChI is InChI=1S/C16H24N2/c1-2-6-10-18(11-7-3-1)13-15-12-14-8-4-5-9-16(14)17-15/h4-5,8-9,15,17H,1-3,6-7,10-13H2/t15-/m1/s1. The largest absolute Gasteiger partial charge is 0.380 e. The molecule has 1 atom stereocenters. The molecule has 0 saturated carbocycles. The summed E-state index contributed by atoms with van der Waals surface area (Å²) in [5.41, 5.74) is 2.85. The first-order valence-corrected chi connectivity index (χ1v) is 7.48. The fraction of sp³-hybridized carbons (Fsp3) is 0.625. The van der Waals surface area contributed by atoms with Crippen molar-refractivity contribution >= 4 is 5.69 Å². The molecule has 3 rings (SSSR count). The maximum absolute atomic E-state index is 3.68. The molecule has 0 amide bonds. The van der Waals surface area contributed by atoms with Crippen molar-refractivity contribution in [1.82, 2.24) is 4.90 Å². The Morgan fingerprint density at radius 2 is 1.72 bits per heavy atom. The monoisotopic (exact) mass is 244 g/mol. The Bertz CT molecular complexity index is 355. The van der Waals surface area contributed by atoms with E-state index in [0.717, 1.165) is 0 Å². The van der Waals surface area contributed by atoms with Gasteiger partial charge in [-0.25, -0.2) is 0 Å². The molecular weight excluding hydrogens is 220 g/mol. The lowest BCUT2D eigenvalue weighted by molar-refractivity contribution is 0.239. The van der Waals surface area contributed by atoms with Crippen LogP contribution in [0.2, 0.25) is 0 Å². The third-order valence-corrected chi connectivity index (χ3v) is 4.27. The summed E-state index contributed by atoms with van der Waals surface area (Å²) in [7, 11) is 0. The van der Waals surface area contributed by atoms with Crippen LogP contribution in [0.25, 0.3) is 0 Å². The first-order valence-electron chi connectivity index (χ1n) is 7.48. The molecule has 0 spiro atoms. The summed E-state index contributed by atoms with van der Waals surface area (Å²) in [5.74, 6) is 0. The van der Waals surface area contributed by atoms with Gasteiger partial charge in [0.2, 0.25) is 0 Å². The second kappa shape index (κ2) is 5.75. The van der Waals surface area contributed by atoms with Crippen LogP contribution in [-0.2, 0) is 6.42 Å². The fourth-order valence-electron chi connectivity index (χ4n) is 3.29. The molecule has 2 nitrogen and oxygen atoms in total. The van der Waals surface area contributed by atoms with E-state index in [4.69, 9.17) is 0 Å². The Labute approximate surface area is 110 Å². The molecule has 0 bridgehead atoms. The molecule has 1 aromatic rings. The quantitative estimate of drug-likeness (QED) is 0.859. The van der Waals surface area contributed by atoms with Crippen LogP contribution in [0.15, 0.2) is 24.3 Å². The number of fused-ring (bicyclic) bond motifs is 1. The molecule has 0 radical (unpaired) electrons. The minimum absolute atomic E-state index is 0.627. The Morgan fingerprint density at radius 3 is 2.50 bits per heavy atom. The number of rotatable bonds is 2. The normalized spacial score (nSPS) is 25.0. The van der Waals surface area contributed by atoms with Crippen molar-refractivity contribution in [2.24, 2.45) is 0 Å². The van der Waals surface area contributed by atoms with E-state index in [9.17, 15) is 0 Å². The van der Waals surface area contributed by atoms with Crippen molar-refractivity contribution in [1.29, 1.82) is 0 Å². The first-order chi connectivity index (χ1) is 8.92. The summed E-state index contributed by atoms with van der Waals surface area (Å²) in [6.45, 7) is 3.82. The molecule has 2 aliphatic heterocycles. The molecule has 2 heterocycles. The molecule has 2 aliphatic rings. The number of nitrogens with one attached hydrogen (secondary N) is 1. The molecule has 98 valence electrons. The van der Waals surface area contributed by atoms with E-state index in [2.05, 4.69) is 34.5 Å². The molecule has 18 heavy (non-hydrogen) atoms. The van der Waals surface area contributed by atoms with Crippen LogP contribution in [0.3, 0.4) is 0 Å². The zero-order chi connectivity index (χ0) is 12.2. The third kappa shape index (κ3) is 2.86. The summed E-state index contributed by atoms with van der Waals surface area (Å²) >= 11 is 0. The zero-order valence-electron chi connectivity index (χ0n) is 11.2. The highest BCUT2D eigenvalue weighted by atomic mass is 15.2. The van der Waals surface area contributed by atoms with Gasteiger partial charge in [-0.15, -0.1) is 0 Å². The van der Waals surface area contributed by atoms with Crippen LogP contribution in [0.4, 0.5) is 5.69 Å². The Hall–Kier alpha value is -1.02. The highest BCUT2D eigenvalue weighted by Crippen LogP contribution is 2.25. The van der Waals surface area contributed by atoms with Crippen LogP contribution in [-0.4, -0.2) is 30.6 Å². The highest BCUT2D eigenvalue weighted by Gasteiger charge is 2.22. The van der Waals surface area contributed by atoms with Crippen molar-refractivity contribution in [3.05, 3.63) is 29.8 Å². The molecule has 0 unspecified atom stereocenters. The zero-order valence-corrected chi connectivity index (χ0v) is 11.2. The van der Waals surface area contributed by atoms with Crippen molar-refractivity contribution in [3.63, 3.8) is 0 Å². The first kappa shape index (κ1) is 12.0. The van der Waals surface area contributed by atoms with Crippen molar-refractivity contribution in [2.75, 3.05) is 25.0 Å². The average molecular weight is 244 g/mol. The van der Waals surface area contributed by atoms with Crippen LogP contribution >= 0.6 is 0 Å². The van der Waals surface area contributed by atoms with E-state index in [-0.39, 0.29) is 0 Å². The van der Waals surface area contributed by atoms with Gasteiger partial charge in [0.25, 0.3) is 0 Å². The number of hydrogen-bond donors (Lipinski definition) is 1. The van der Waals surface area contributed by atoms with Gasteiger partial charge in [-0.3, -0.25) is 0 Å². The molecular formula is C16H24N2. The second-order valence-corrected chi connectivity index (χ2v) is 5.77. The van der Waals surface area contributed by atoms with Crippen LogP contribution in [0, 0.1) is 0 Å². The van der Waals surface area contributed by atoms with Gasteiger partial charge in [0, 0.05) is 18.3 Å². The number of likely N-dealkylation sites (tertiary alicyclic amines) is 1. The minimum atomic E-state index is 0.627. The van der Waals surface area contributed by atoms with Gasteiger partial charge < -0.3 is 10.2 Å². The molecule has 1 N–H and O–H groups in total. The molecule has 0 aliphatic carbocycles. The maximum Gasteiger partial charge on any atom is 0.0429 e. The average Bonchev–Trinajstić information content (AvgIpc) is 2.74. The van der Waals surface area contributed by atoms with Gasteiger partial charge in [-0.1, -0.05) is 37.5 Å². The van der Waals surface area contributed by atoms with Gasteiger partial charge in [0.05, 0.1) is 0 Å². The van der Waals surface area contributed by atoms with E-state index in [1.54, 1.807) is 0 Å². The minimum Gasteiger partial charge on any atom is -0.380 e. The lowest BCUT2D eigenvalue weighted by atomic mass is 10.1. The molecule has 2 heteroatoms. The SMILES string of the molecule is c1ccc2c(c1)C[C@H](CN1CCCCCCC1)N2. The lowest BCUT2D eigenvalue weighted by Crippen LogP contribution is -2.37.